The molecule has 0 aromatic heterocycles. The lowest BCUT2D eigenvalue weighted by atomic mass is 9.95. The third kappa shape index (κ3) is 4.29. The van der Waals surface area contributed by atoms with Gasteiger partial charge in [-0.1, -0.05) is 49.4 Å². The Labute approximate surface area is 151 Å². The van der Waals surface area contributed by atoms with Crippen LogP contribution in [0.2, 0.25) is 0 Å². The highest BCUT2D eigenvalue weighted by atomic mass is 16.2. The molecule has 2 aromatic rings. The second-order valence-electron chi connectivity index (χ2n) is 7.49. The van der Waals surface area contributed by atoms with Gasteiger partial charge in [0.25, 0.3) is 5.91 Å². The molecule has 1 fully saturated rings. The van der Waals surface area contributed by atoms with Crippen molar-refractivity contribution in [2.75, 3.05) is 18.4 Å². The van der Waals surface area contributed by atoms with E-state index in [-0.39, 0.29) is 11.9 Å². The minimum atomic E-state index is -0.145. The van der Waals surface area contributed by atoms with Gasteiger partial charge in [0.15, 0.2) is 6.04 Å². The summed E-state index contributed by atoms with van der Waals surface area (Å²) < 4.78 is 0. The topological polar surface area (TPSA) is 33.5 Å². The van der Waals surface area contributed by atoms with Gasteiger partial charge in [0.2, 0.25) is 0 Å². The number of rotatable bonds is 4. The average molecular weight is 337 g/mol. The van der Waals surface area contributed by atoms with Crippen molar-refractivity contribution in [2.24, 2.45) is 5.92 Å². The summed E-state index contributed by atoms with van der Waals surface area (Å²) in [6.45, 7) is 8.52. The smallest absolute Gasteiger partial charge is 0.287 e. The quantitative estimate of drug-likeness (QED) is 0.882. The van der Waals surface area contributed by atoms with Gasteiger partial charge in [-0.15, -0.1) is 0 Å². The Kier molecular flexibility index (Phi) is 5.54. The van der Waals surface area contributed by atoms with E-state index in [4.69, 9.17) is 0 Å². The Morgan fingerprint density at radius 2 is 1.76 bits per heavy atom. The highest BCUT2D eigenvalue weighted by molar-refractivity contribution is 5.95. The first-order chi connectivity index (χ1) is 12.0. The molecule has 1 aliphatic heterocycles. The number of hydrogen-bond donors (Lipinski definition) is 2. The molecular formula is C22H29N2O+. The molecule has 1 atom stereocenters. The van der Waals surface area contributed by atoms with Crippen molar-refractivity contribution in [1.29, 1.82) is 0 Å². The number of carbonyl (C=O) groups excluding carboxylic acids is 1. The third-order valence-corrected chi connectivity index (χ3v) is 5.37. The second kappa shape index (κ2) is 7.83. The van der Waals surface area contributed by atoms with E-state index in [1.165, 1.54) is 17.7 Å². The van der Waals surface area contributed by atoms with Gasteiger partial charge in [-0.25, -0.2) is 0 Å². The Morgan fingerprint density at radius 1 is 1.08 bits per heavy atom. The Hall–Kier alpha value is -2.13. The minimum Gasteiger partial charge on any atom is -0.321 e. The first kappa shape index (κ1) is 17.7. The summed E-state index contributed by atoms with van der Waals surface area (Å²) in [5.41, 5.74) is 4.30. The van der Waals surface area contributed by atoms with Crippen molar-refractivity contribution >= 4 is 11.6 Å². The second-order valence-corrected chi connectivity index (χ2v) is 7.49. The fraction of sp³-hybridized carbons (Fsp3) is 0.409. The predicted molar refractivity (Wildman–Crippen MR) is 103 cm³/mol. The van der Waals surface area contributed by atoms with Crippen molar-refractivity contribution < 1.29 is 9.69 Å². The van der Waals surface area contributed by atoms with E-state index in [0.717, 1.165) is 41.4 Å². The van der Waals surface area contributed by atoms with Crippen LogP contribution in [0.5, 0.6) is 0 Å². The van der Waals surface area contributed by atoms with Gasteiger partial charge in [-0.3, -0.25) is 4.79 Å². The van der Waals surface area contributed by atoms with Crippen LogP contribution in [0.3, 0.4) is 0 Å². The fourth-order valence-electron chi connectivity index (χ4n) is 3.71. The monoisotopic (exact) mass is 337 g/mol. The maximum absolute atomic E-state index is 13.2. The van der Waals surface area contributed by atoms with Crippen LogP contribution in [0.4, 0.5) is 5.69 Å². The van der Waals surface area contributed by atoms with E-state index in [1.54, 1.807) is 0 Å². The maximum atomic E-state index is 13.2. The predicted octanol–water partition coefficient (Wildman–Crippen LogP) is 3.30. The highest BCUT2D eigenvalue weighted by Crippen LogP contribution is 2.20. The number of hydrogen-bond acceptors (Lipinski definition) is 1. The first-order valence-electron chi connectivity index (χ1n) is 9.32. The molecule has 25 heavy (non-hydrogen) atoms. The lowest BCUT2D eigenvalue weighted by Crippen LogP contribution is -3.14. The molecule has 0 unspecified atom stereocenters. The van der Waals surface area contributed by atoms with Crippen molar-refractivity contribution in [2.45, 2.75) is 39.7 Å². The molecule has 1 saturated heterocycles. The largest absolute Gasteiger partial charge is 0.321 e. The lowest BCUT2D eigenvalue weighted by molar-refractivity contribution is -0.927. The van der Waals surface area contributed by atoms with Gasteiger partial charge in [0.05, 0.1) is 13.1 Å². The van der Waals surface area contributed by atoms with Crippen molar-refractivity contribution in [1.82, 2.24) is 0 Å². The third-order valence-electron chi connectivity index (χ3n) is 5.37. The number of amides is 1. The zero-order valence-electron chi connectivity index (χ0n) is 15.5. The standard InChI is InChI=1S/C22H28N2O/c1-16-11-13-24(14-12-16)21(19-7-5-4-6-8-19)22(25)23-20-15-17(2)9-10-18(20)3/h4-10,15-16,21H,11-14H2,1-3H3,(H,23,25)/p+1/t21-/m1/s1. The molecular weight excluding hydrogens is 308 g/mol. The maximum Gasteiger partial charge on any atom is 0.287 e. The van der Waals surface area contributed by atoms with Crippen molar-refractivity contribution in [3.05, 3.63) is 65.2 Å². The normalized spacial score (nSPS) is 21.6. The van der Waals surface area contributed by atoms with Gasteiger partial charge in [-0.05, 0) is 49.8 Å². The summed E-state index contributed by atoms with van der Waals surface area (Å²) in [5, 5.41) is 3.20. The van der Waals surface area contributed by atoms with E-state index in [2.05, 4.69) is 49.5 Å². The molecule has 0 spiro atoms. The molecule has 0 saturated carbocycles. The number of likely N-dealkylation sites (tertiary alicyclic amines) is 1. The average Bonchev–Trinajstić information content (AvgIpc) is 2.61. The van der Waals surface area contributed by atoms with Crippen LogP contribution in [0.1, 0.15) is 42.5 Å². The van der Waals surface area contributed by atoms with E-state index >= 15 is 0 Å². The molecule has 1 heterocycles. The van der Waals surface area contributed by atoms with Crippen molar-refractivity contribution in [3.63, 3.8) is 0 Å². The number of quaternary nitrogens is 1. The Balaban J connectivity index is 1.86. The SMILES string of the molecule is Cc1ccc(C)c(NC(=O)[C@@H](c2ccccc2)[NH+]2CCC(C)CC2)c1. The summed E-state index contributed by atoms with van der Waals surface area (Å²) in [7, 11) is 0. The van der Waals surface area contributed by atoms with E-state index in [9.17, 15) is 4.79 Å². The zero-order chi connectivity index (χ0) is 17.8. The van der Waals surface area contributed by atoms with Crippen LogP contribution in [0, 0.1) is 19.8 Å². The molecule has 2 aromatic carbocycles. The van der Waals surface area contributed by atoms with Crippen LogP contribution in [0.25, 0.3) is 0 Å². The molecule has 2 N–H and O–H groups in total. The molecule has 1 aliphatic rings. The van der Waals surface area contributed by atoms with Gasteiger partial charge in [-0.2, -0.15) is 0 Å². The Bertz CT molecular complexity index is 718. The molecule has 132 valence electrons. The van der Waals surface area contributed by atoms with E-state index in [0.29, 0.717) is 0 Å². The van der Waals surface area contributed by atoms with Gasteiger partial charge in [0.1, 0.15) is 0 Å². The zero-order valence-corrected chi connectivity index (χ0v) is 15.5. The lowest BCUT2D eigenvalue weighted by Gasteiger charge is -2.33. The fourth-order valence-corrected chi connectivity index (χ4v) is 3.71. The summed E-state index contributed by atoms with van der Waals surface area (Å²) in [5.74, 6) is 0.867. The van der Waals surface area contributed by atoms with Crippen LogP contribution in [-0.2, 0) is 4.79 Å². The van der Waals surface area contributed by atoms with E-state index < -0.39 is 0 Å². The molecule has 0 bridgehead atoms. The van der Waals surface area contributed by atoms with Crippen molar-refractivity contribution in [3.8, 4) is 0 Å². The van der Waals surface area contributed by atoms with Gasteiger partial charge < -0.3 is 10.2 Å². The molecule has 3 nitrogen and oxygen atoms in total. The summed E-state index contributed by atoms with van der Waals surface area (Å²) >= 11 is 0. The summed E-state index contributed by atoms with van der Waals surface area (Å²) in [6, 6.07) is 16.3. The minimum absolute atomic E-state index is 0.101. The number of nitrogens with one attached hydrogen (secondary N) is 2. The van der Waals surface area contributed by atoms with Crippen LogP contribution in [-0.4, -0.2) is 19.0 Å². The van der Waals surface area contributed by atoms with Crippen LogP contribution >= 0.6 is 0 Å². The summed E-state index contributed by atoms with van der Waals surface area (Å²) in [4.78, 5) is 14.6. The van der Waals surface area contributed by atoms with Gasteiger partial charge >= 0.3 is 0 Å². The van der Waals surface area contributed by atoms with Crippen LogP contribution in [0.15, 0.2) is 48.5 Å². The first-order valence-corrected chi connectivity index (χ1v) is 9.32. The Morgan fingerprint density at radius 3 is 2.44 bits per heavy atom. The molecule has 1 amide bonds. The number of piperidine rings is 1. The number of aryl methyl sites for hydroxylation is 2. The number of carbonyl (C=O) groups is 1. The summed E-state index contributed by atoms with van der Waals surface area (Å²) in [6.07, 6.45) is 2.38. The van der Waals surface area contributed by atoms with Crippen LogP contribution < -0.4 is 10.2 Å². The molecule has 0 aliphatic carbocycles. The molecule has 3 heteroatoms. The van der Waals surface area contributed by atoms with Gasteiger partial charge in [0, 0.05) is 11.3 Å². The van der Waals surface area contributed by atoms with E-state index in [1.807, 2.05) is 25.1 Å². The highest BCUT2D eigenvalue weighted by Gasteiger charge is 2.34. The number of anilines is 1. The molecule has 0 radical (unpaired) electrons. The number of benzene rings is 2. The molecule has 3 rings (SSSR count).